The highest BCUT2D eigenvalue weighted by atomic mass is 16.1. The predicted octanol–water partition coefficient (Wildman–Crippen LogP) is 2.93. The van der Waals surface area contributed by atoms with Crippen molar-refractivity contribution in [3.63, 3.8) is 0 Å². The van der Waals surface area contributed by atoms with Gasteiger partial charge in [-0.1, -0.05) is 30.3 Å². The van der Waals surface area contributed by atoms with Crippen molar-refractivity contribution in [3.8, 4) is 0 Å². The molecular formula is C18H19N3O. The number of hydrogen-bond acceptors (Lipinski definition) is 3. The lowest BCUT2D eigenvalue weighted by Gasteiger charge is -2.20. The topological polar surface area (TPSA) is 44.7 Å². The summed E-state index contributed by atoms with van der Waals surface area (Å²) in [5.41, 5.74) is 5.06. The molecule has 0 saturated carbocycles. The number of benzodiazepines with no additional fused rings is 1. The van der Waals surface area contributed by atoms with Gasteiger partial charge in [0, 0.05) is 43.0 Å². The molecule has 1 aliphatic rings. The van der Waals surface area contributed by atoms with Crippen LogP contribution >= 0.6 is 0 Å². The third-order valence-electron chi connectivity index (χ3n) is 3.74. The number of rotatable bonds is 2. The summed E-state index contributed by atoms with van der Waals surface area (Å²) >= 11 is 0. The van der Waals surface area contributed by atoms with Gasteiger partial charge in [0.25, 0.3) is 0 Å². The summed E-state index contributed by atoms with van der Waals surface area (Å²) in [5, 5.41) is 2.85. The highest BCUT2D eigenvalue weighted by Gasteiger charge is 2.18. The standard InChI is InChI=1S/C18H19N3O/c1-13(22)20-15-8-9-17-16(12-15)18(19-10-11-21(17)2)14-6-4-3-5-7-14/h3-9,12H,10-11H2,1-2H3,(H,20,22). The monoisotopic (exact) mass is 293 g/mol. The summed E-state index contributed by atoms with van der Waals surface area (Å²) in [4.78, 5) is 18.3. The van der Waals surface area contributed by atoms with E-state index in [1.54, 1.807) is 0 Å². The maximum Gasteiger partial charge on any atom is 0.221 e. The van der Waals surface area contributed by atoms with Crippen molar-refractivity contribution in [1.82, 2.24) is 0 Å². The summed E-state index contributed by atoms with van der Waals surface area (Å²) in [6.07, 6.45) is 0. The minimum Gasteiger partial charge on any atom is -0.372 e. The molecule has 4 nitrogen and oxygen atoms in total. The Morgan fingerprint density at radius 1 is 1.18 bits per heavy atom. The maximum absolute atomic E-state index is 11.3. The van der Waals surface area contributed by atoms with E-state index in [9.17, 15) is 4.79 Å². The molecule has 3 rings (SSSR count). The fraction of sp³-hybridized carbons (Fsp3) is 0.222. The summed E-state index contributed by atoms with van der Waals surface area (Å²) < 4.78 is 0. The van der Waals surface area contributed by atoms with Gasteiger partial charge >= 0.3 is 0 Å². The van der Waals surface area contributed by atoms with Crippen LogP contribution in [0.15, 0.2) is 53.5 Å². The Balaban J connectivity index is 2.12. The third kappa shape index (κ3) is 2.86. The SMILES string of the molecule is CC(=O)Nc1ccc2c(c1)C(c1ccccc1)=NCCN2C. The molecule has 0 atom stereocenters. The van der Waals surface area contributed by atoms with Gasteiger partial charge in [-0.05, 0) is 18.2 Å². The number of amides is 1. The minimum absolute atomic E-state index is 0.0693. The Morgan fingerprint density at radius 2 is 1.95 bits per heavy atom. The van der Waals surface area contributed by atoms with E-state index >= 15 is 0 Å². The molecular weight excluding hydrogens is 274 g/mol. The van der Waals surface area contributed by atoms with Crippen molar-refractivity contribution in [1.29, 1.82) is 0 Å². The molecule has 0 aromatic heterocycles. The fourth-order valence-electron chi connectivity index (χ4n) is 2.70. The van der Waals surface area contributed by atoms with Gasteiger partial charge in [-0.2, -0.15) is 0 Å². The zero-order chi connectivity index (χ0) is 15.5. The first kappa shape index (κ1) is 14.3. The number of fused-ring (bicyclic) bond motifs is 1. The van der Waals surface area contributed by atoms with Crippen LogP contribution in [0.25, 0.3) is 0 Å². The lowest BCUT2D eigenvalue weighted by Crippen LogP contribution is -2.20. The van der Waals surface area contributed by atoms with Gasteiger partial charge in [0.2, 0.25) is 5.91 Å². The van der Waals surface area contributed by atoms with E-state index in [-0.39, 0.29) is 5.91 Å². The number of benzene rings is 2. The Labute approximate surface area is 130 Å². The van der Waals surface area contributed by atoms with Crippen LogP contribution in [-0.4, -0.2) is 31.8 Å². The highest BCUT2D eigenvalue weighted by Crippen LogP contribution is 2.28. The van der Waals surface area contributed by atoms with Crippen molar-refractivity contribution >= 4 is 23.0 Å². The zero-order valence-corrected chi connectivity index (χ0v) is 12.8. The van der Waals surface area contributed by atoms with Crippen LogP contribution in [0.5, 0.6) is 0 Å². The molecule has 0 bridgehead atoms. The first-order chi connectivity index (χ1) is 10.6. The first-order valence-electron chi connectivity index (χ1n) is 7.38. The van der Waals surface area contributed by atoms with Gasteiger partial charge in [-0.3, -0.25) is 9.79 Å². The van der Waals surface area contributed by atoms with Crippen molar-refractivity contribution in [2.75, 3.05) is 30.4 Å². The largest absolute Gasteiger partial charge is 0.372 e. The quantitative estimate of drug-likeness (QED) is 0.925. The predicted molar refractivity (Wildman–Crippen MR) is 91.0 cm³/mol. The lowest BCUT2D eigenvalue weighted by atomic mass is 9.99. The Hall–Kier alpha value is -2.62. The molecule has 0 saturated heterocycles. The van der Waals surface area contributed by atoms with Gasteiger partial charge in [0.1, 0.15) is 0 Å². The van der Waals surface area contributed by atoms with Crippen LogP contribution in [0.3, 0.4) is 0 Å². The number of nitrogens with zero attached hydrogens (tertiary/aromatic N) is 2. The third-order valence-corrected chi connectivity index (χ3v) is 3.74. The lowest BCUT2D eigenvalue weighted by molar-refractivity contribution is -0.114. The number of carbonyl (C=O) groups excluding carboxylic acids is 1. The van der Waals surface area contributed by atoms with Gasteiger partial charge < -0.3 is 10.2 Å². The van der Waals surface area contributed by atoms with Crippen molar-refractivity contribution in [2.45, 2.75) is 6.92 Å². The molecule has 0 aliphatic carbocycles. The van der Waals surface area contributed by atoms with E-state index in [4.69, 9.17) is 4.99 Å². The molecule has 1 amide bonds. The van der Waals surface area contributed by atoms with Crippen LogP contribution < -0.4 is 10.2 Å². The molecule has 112 valence electrons. The number of nitrogens with one attached hydrogen (secondary N) is 1. The minimum atomic E-state index is -0.0693. The second-order valence-electron chi connectivity index (χ2n) is 5.43. The van der Waals surface area contributed by atoms with Crippen LogP contribution in [0.1, 0.15) is 18.1 Å². The molecule has 4 heteroatoms. The number of anilines is 2. The van der Waals surface area contributed by atoms with Crippen LogP contribution in [0.2, 0.25) is 0 Å². The summed E-state index contributed by atoms with van der Waals surface area (Å²) in [7, 11) is 2.07. The summed E-state index contributed by atoms with van der Waals surface area (Å²) in [6.45, 7) is 3.15. The summed E-state index contributed by atoms with van der Waals surface area (Å²) in [5.74, 6) is -0.0693. The number of carbonyl (C=O) groups is 1. The normalized spacial score (nSPS) is 13.9. The van der Waals surface area contributed by atoms with Crippen LogP contribution in [0, 0.1) is 0 Å². The molecule has 2 aromatic rings. The molecule has 0 fully saturated rings. The van der Waals surface area contributed by atoms with Crippen molar-refractivity contribution in [3.05, 3.63) is 59.7 Å². The molecule has 1 aliphatic heterocycles. The Morgan fingerprint density at radius 3 is 2.68 bits per heavy atom. The van der Waals surface area contributed by atoms with E-state index in [0.717, 1.165) is 41.3 Å². The van der Waals surface area contributed by atoms with E-state index < -0.39 is 0 Å². The molecule has 1 heterocycles. The maximum atomic E-state index is 11.3. The Kier molecular flexibility index (Phi) is 3.92. The molecule has 1 N–H and O–H groups in total. The molecule has 2 aromatic carbocycles. The highest BCUT2D eigenvalue weighted by molar-refractivity contribution is 6.17. The van der Waals surface area contributed by atoms with Gasteiger partial charge in [0.05, 0.1) is 12.3 Å². The number of aliphatic imine (C=N–C) groups is 1. The van der Waals surface area contributed by atoms with Crippen molar-refractivity contribution < 1.29 is 4.79 Å². The van der Waals surface area contributed by atoms with Gasteiger partial charge in [0.15, 0.2) is 0 Å². The zero-order valence-electron chi connectivity index (χ0n) is 12.8. The molecule has 0 unspecified atom stereocenters. The van der Waals surface area contributed by atoms with E-state index in [1.807, 2.05) is 36.4 Å². The smallest absolute Gasteiger partial charge is 0.221 e. The van der Waals surface area contributed by atoms with Crippen LogP contribution in [0.4, 0.5) is 11.4 Å². The van der Waals surface area contributed by atoms with E-state index in [1.165, 1.54) is 6.92 Å². The average molecular weight is 293 g/mol. The van der Waals surface area contributed by atoms with E-state index in [0.29, 0.717) is 0 Å². The molecule has 22 heavy (non-hydrogen) atoms. The number of likely N-dealkylation sites (N-methyl/N-ethyl adjacent to an activating group) is 1. The molecule has 0 spiro atoms. The average Bonchev–Trinajstić information content (AvgIpc) is 2.67. The summed E-state index contributed by atoms with van der Waals surface area (Å²) in [6, 6.07) is 16.2. The number of hydrogen-bond donors (Lipinski definition) is 1. The second kappa shape index (κ2) is 6.02. The Bertz CT molecular complexity index is 722. The van der Waals surface area contributed by atoms with Gasteiger partial charge in [-0.25, -0.2) is 0 Å². The second-order valence-corrected chi connectivity index (χ2v) is 5.43. The van der Waals surface area contributed by atoms with Crippen LogP contribution in [-0.2, 0) is 4.79 Å². The fourth-order valence-corrected chi connectivity index (χ4v) is 2.70. The van der Waals surface area contributed by atoms with Gasteiger partial charge in [-0.15, -0.1) is 0 Å². The molecule has 0 radical (unpaired) electrons. The first-order valence-corrected chi connectivity index (χ1v) is 7.38. The van der Waals surface area contributed by atoms with E-state index in [2.05, 4.69) is 29.4 Å². The van der Waals surface area contributed by atoms with Crippen molar-refractivity contribution in [2.24, 2.45) is 4.99 Å².